The minimum Gasteiger partial charge on any atom is -0.491 e. The second-order valence-electron chi connectivity index (χ2n) is 5.85. The van der Waals surface area contributed by atoms with Gasteiger partial charge in [0.25, 0.3) is 0 Å². The average Bonchev–Trinajstić information content (AvgIpc) is 2.21. The maximum atomic E-state index is 5.94. The molecule has 1 N–H and O–H groups in total. The molecule has 108 valence electrons. The third-order valence-electron chi connectivity index (χ3n) is 2.62. The summed E-state index contributed by atoms with van der Waals surface area (Å²) >= 11 is 11.9. The number of halogens is 2. The fourth-order valence-electron chi connectivity index (χ4n) is 1.74. The zero-order chi connectivity index (χ0) is 14.5. The van der Waals surface area contributed by atoms with Crippen molar-refractivity contribution in [1.29, 1.82) is 0 Å². The maximum absolute atomic E-state index is 5.94. The standard InChI is InChI=1S/C15H23Cl2NO/c1-11(6-5-7-18-15(2,3)4)19-14-9-12(16)8-13(17)10-14/h8-11,18H,5-7H2,1-4H3. The maximum Gasteiger partial charge on any atom is 0.122 e. The smallest absolute Gasteiger partial charge is 0.122 e. The molecule has 0 heterocycles. The van der Waals surface area contributed by atoms with Gasteiger partial charge >= 0.3 is 0 Å². The van der Waals surface area contributed by atoms with Crippen LogP contribution < -0.4 is 10.1 Å². The Morgan fingerprint density at radius 2 is 1.74 bits per heavy atom. The summed E-state index contributed by atoms with van der Waals surface area (Å²) in [5.41, 5.74) is 0.171. The highest BCUT2D eigenvalue weighted by Crippen LogP contribution is 2.25. The van der Waals surface area contributed by atoms with Crippen molar-refractivity contribution < 1.29 is 4.74 Å². The summed E-state index contributed by atoms with van der Waals surface area (Å²) in [7, 11) is 0. The Labute approximate surface area is 126 Å². The van der Waals surface area contributed by atoms with Crippen LogP contribution in [-0.2, 0) is 0 Å². The van der Waals surface area contributed by atoms with Crippen LogP contribution in [0.3, 0.4) is 0 Å². The van der Waals surface area contributed by atoms with Crippen molar-refractivity contribution in [2.75, 3.05) is 6.54 Å². The molecule has 0 spiro atoms. The number of ether oxygens (including phenoxy) is 1. The second-order valence-corrected chi connectivity index (χ2v) is 6.73. The Morgan fingerprint density at radius 1 is 1.16 bits per heavy atom. The molecule has 0 radical (unpaired) electrons. The molecule has 1 atom stereocenters. The molecule has 19 heavy (non-hydrogen) atoms. The van der Waals surface area contributed by atoms with Gasteiger partial charge in [-0.15, -0.1) is 0 Å². The lowest BCUT2D eigenvalue weighted by molar-refractivity contribution is 0.206. The highest BCUT2D eigenvalue weighted by atomic mass is 35.5. The lowest BCUT2D eigenvalue weighted by atomic mass is 10.1. The van der Waals surface area contributed by atoms with Crippen molar-refractivity contribution in [1.82, 2.24) is 5.32 Å². The largest absolute Gasteiger partial charge is 0.491 e. The molecule has 0 aromatic heterocycles. The Hall–Kier alpha value is -0.440. The van der Waals surface area contributed by atoms with Crippen molar-refractivity contribution in [3.05, 3.63) is 28.2 Å². The van der Waals surface area contributed by atoms with Crippen LogP contribution in [0.15, 0.2) is 18.2 Å². The Morgan fingerprint density at radius 3 is 2.26 bits per heavy atom. The van der Waals surface area contributed by atoms with Crippen LogP contribution in [-0.4, -0.2) is 18.2 Å². The van der Waals surface area contributed by atoms with Gasteiger partial charge in [-0.2, -0.15) is 0 Å². The highest BCUT2D eigenvalue weighted by Gasteiger charge is 2.09. The van der Waals surface area contributed by atoms with Gasteiger partial charge in [0.15, 0.2) is 0 Å². The molecule has 0 aliphatic rings. The van der Waals surface area contributed by atoms with Gasteiger partial charge in [-0.25, -0.2) is 0 Å². The highest BCUT2D eigenvalue weighted by molar-refractivity contribution is 6.34. The Balaban J connectivity index is 2.33. The molecule has 4 heteroatoms. The lowest BCUT2D eigenvalue weighted by Gasteiger charge is -2.21. The van der Waals surface area contributed by atoms with E-state index in [0.29, 0.717) is 10.0 Å². The van der Waals surface area contributed by atoms with E-state index in [9.17, 15) is 0 Å². The molecule has 0 bridgehead atoms. The predicted molar refractivity (Wildman–Crippen MR) is 83.5 cm³/mol. The van der Waals surface area contributed by atoms with E-state index in [-0.39, 0.29) is 11.6 Å². The minimum absolute atomic E-state index is 0.149. The molecular weight excluding hydrogens is 281 g/mol. The summed E-state index contributed by atoms with van der Waals surface area (Å²) in [6.07, 6.45) is 2.22. The van der Waals surface area contributed by atoms with Gasteiger partial charge < -0.3 is 10.1 Å². The summed E-state index contributed by atoms with van der Waals surface area (Å²) in [5, 5.41) is 4.66. The van der Waals surface area contributed by atoms with E-state index in [1.165, 1.54) is 0 Å². The van der Waals surface area contributed by atoms with E-state index in [0.717, 1.165) is 25.1 Å². The molecule has 0 aliphatic heterocycles. The third kappa shape index (κ3) is 7.66. The summed E-state index contributed by atoms with van der Waals surface area (Å²) < 4.78 is 5.81. The zero-order valence-electron chi connectivity index (χ0n) is 12.1. The van der Waals surface area contributed by atoms with Crippen LogP contribution in [0.4, 0.5) is 0 Å². The van der Waals surface area contributed by atoms with Crippen LogP contribution in [0, 0.1) is 0 Å². The number of nitrogens with one attached hydrogen (secondary N) is 1. The summed E-state index contributed by atoms with van der Waals surface area (Å²) in [4.78, 5) is 0. The summed E-state index contributed by atoms with van der Waals surface area (Å²) in [5.74, 6) is 0.730. The number of hydrogen-bond donors (Lipinski definition) is 1. The van der Waals surface area contributed by atoms with E-state index in [4.69, 9.17) is 27.9 Å². The zero-order valence-corrected chi connectivity index (χ0v) is 13.6. The van der Waals surface area contributed by atoms with E-state index < -0.39 is 0 Å². The van der Waals surface area contributed by atoms with Crippen LogP contribution in [0.25, 0.3) is 0 Å². The molecule has 1 aromatic rings. The second kappa shape index (κ2) is 7.37. The van der Waals surface area contributed by atoms with Gasteiger partial charge in [0.2, 0.25) is 0 Å². The van der Waals surface area contributed by atoms with Crippen LogP contribution in [0.5, 0.6) is 5.75 Å². The van der Waals surface area contributed by atoms with Crippen molar-refractivity contribution in [2.45, 2.75) is 52.2 Å². The van der Waals surface area contributed by atoms with E-state index in [1.54, 1.807) is 18.2 Å². The monoisotopic (exact) mass is 303 g/mol. The minimum atomic E-state index is 0.149. The fraction of sp³-hybridized carbons (Fsp3) is 0.600. The third-order valence-corrected chi connectivity index (χ3v) is 3.05. The Bertz CT molecular complexity index is 381. The first-order valence-electron chi connectivity index (χ1n) is 6.64. The molecule has 0 aliphatic carbocycles. The van der Waals surface area contributed by atoms with Gasteiger partial charge in [0.1, 0.15) is 5.75 Å². The number of rotatable bonds is 6. The quantitative estimate of drug-likeness (QED) is 0.752. The predicted octanol–water partition coefficient (Wildman–Crippen LogP) is 4.93. The van der Waals surface area contributed by atoms with Crippen molar-refractivity contribution in [3.8, 4) is 5.75 Å². The summed E-state index contributed by atoms with van der Waals surface area (Å²) in [6.45, 7) is 9.56. The van der Waals surface area contributed by atoms with Crippen LogP contribution in [0.2, 0.25) is 10.0 Å². The first kappa shape index (κ1) is 16.6. The summed E-state index contributed by atoms with van der Waals surface area (Å²) in [6, 6.07) is 5.28. The fourth-order valence-corrected chi connectivity index (χ4v) is 2.25. The molecule has 0 fully saturated rings. The molecule has 0 saturated heterocycles. The lowest BCUT2D eigenvalue weighted by Crippen LogP contribution is -2.36. The molecule has 1 aromatic carbocycles. The SMILES string of the molecule is CC(CCCNC(C)(C)C)Oc1cc(Cl)cc(Cl)c1. The van der Waals surface area contributed by atoms with Crippen LogP contribution >= 0.6 is 23.2 Å². The van der Waals surface area contributed by atoms with Gasteiger partial charge in [0, 0.05) is 15.6 Å². The molecule has 1 rings (SSSR count). The first-order chi connectivity index (χ1) is 8.76. The van der Waals surface area contributed by atoms with Crippen molar-refractivity contribution in [3.63, 3.8) is 0 Å². The number of hydrogen-bond acceptors (Lipinski definition) is 2. The van der Waals surface area contributed by atoms with Gasteiger partial charge in [-0.1, -0.05) is 23.2 Å². The molecular formula is C15H23Cl2NO. The average molecular weight is 304 g/mol. The molecule has 0 amide bonds. The van der Waals surface area contributed by atoms with Gasteiger partial charge in [-0.05, 0) is 65.3 Å². The van der Waals surface area contributed by atoms with E-state index in [2.05, 4.69) is 33.0 Å². The van der Waals surface area contributed by atoms with Gasteiger partial charge in [0.05, 0.1) is 6.10 Å². The molecule has 0 saturated carbocycles. The Kier molecular flexibility index (Phi) is 6.45. The first-order valence-corrected chi connectivity index (χ1v) is 7.39. The van der Waals surface area contributed by atoms with Crippen LogP contribution in [0.1, 0.15) is 40.5 Å². The van der Waals surface area contributed by atoms with E-state index >= 15 is 0 Å². The van der Waals surface area contributed by atoms with Crippen molar-refractivity contribution >= 4 is 23.2 Å². The topological polar surface area (TPSA) is 21.3 Å². The van der Waals surface area contributed by atoms with Gasteiger partial charge in [-0.3, -0.25) is 0 Å². The van der Waals surface area contributed by atoms with E-state index in [1.807, 2.05) is 0 Å². The van der Waals surface area contributed by atoms with Crippen molar-refractivity contribution in [2.24, 2.45) is 0 Å². The molecule has 1 unspecified atom stereocenters. The molecule has 2 nitrogen and oxygen atoms in total. The normalized spacial score (nSPS) is 13.4. The number of benzene rings is 1.